The summed E-state index contributed by atoms with van der Waals surface area (Å²) in [5.41, 5.74) is 6.87. The van der Waals surface area contributed by atoms with Crippen LogP contribution in [0.2, 0.25) is 0 Å². The van der Waals surface area contributed by atoms with Gasteiger partial charge < -0.3 is 5.73 Å². The molecule has 5 heteroatoms. The lowest BCUT2D eigenvalue weighted by Crippen LogP contribution is -2.07. The van der Waals surface area contributed by atoms with E-state index in [4.69, 9.17) is 5.73 Å². The number of nitrogens with two attached hydrogens (primary N) is 1. The van der Waals surface area contributed by atoms with Crippen molar-refractivity contribution in [2.45, 2.75) is 12.2 Å². The van der Waals surface area contributed by atoms with Crippen molar-refractivity contribution < 1.29 is 8.42 Å². The predicted molar refractivity (Wildman–Crippen MR) is 61.4 cm³/mol. The van der Waals surface area contributed by atoms with Gasteiger partial charge in [0.15, 0.2) is 9.84 Å². The summed E-state index contributed by atoms with van der Waals surface area (Å²) in [5, 5.41) is -0.490. The summed E-state index contributed by atoms with van der Waals surface area (Å²) in [6.07, 6.45) is 1.22. The zero-order valence-electron chi connectivity index (χ0n) is 8.10. The molecule has 1 aromatic rings. The topological polar surface area (TPSA) is 60.2 Å². The van der Waals surface area contributed by atoms with Crippen LogP contribution in [0.3, 0.4) is 0 Å². The smallest absolute Gasteiger partial charge is 0.154 e. The number of sulfone groups is 1. The van der Waals surface area contributed by atoms with Gasteiger partial charge in [0.05, 0.1) is 5.25 Å². The fourth-order valence-corrected chi connectivity index (χ4v) is 1.70. The van der Waals surface area contributed by atoms with E-state index in [1.54, 1.807) is 31.2 Å². The summed E-state index contributed by atoms with van der Waals surface area (Å²) in [6, 6.07) is 6.94. The highest BCUT2D eigenvalue weighted by Gasteiger charge is 2.16. The second-order valence-electron chi connectivity index (χ2n) is 3.14. The molecule has 0 saturated carbocycles. The summed E-state index contributed by atoms with van der Waals surface area (Å²) in [5.74, 6) is 0. The van der Waals surface area contributed by atoms with Crippen molar-refractivity contribution in [2.24, 2.45) is 0 Å². The van der Waals surface area contributed by atoms with Crippen molar-refractivity contribution in [3.63, 3.8) is 0 Å². The van der Waals surface area contributed by atoms with Gasteiger partial charge in [-0.3, -0.25) is 0 Å². The Hall–Kier alpha value is -0.740. The maximum absolute atomic E-state index is 11.2. The van der Waals surface area contributed by atoms with Crippen molar-refractivity contribution in [2.75, 3.05) is 12.0 Å². The van der Waals surface area contributed by atoms with Crippen LogP contribution in [0.4, 0.5) is 5.69 Å². The second-order valence-corrected chi connectivity index (χ2v) is 5.51. The molecule has 14 heavy (non-hydrogen) atoms. The Morgan fingerprint density at radius 2 is 1.93 bits per heavy atom. The molecule has 0 saturated heterocycles. The Labute approximate surface area is 90.6 Å². The third-order valence-electron chi connectivity index (χ3n) is 2.02. The van der Waals surface area contributed by atoms with Gasteiger partial charge in [-0.2, -0.15) is 0 Å². The molecule has 0 amide bonds. The molecule has 1 rings (SSSR count). The number of rotatable bonds is 2. The predicted octanol–water partition coefficient (Wildman–Crippen LogP) is 1.80. The average Bonchev–Trinajstić information content (AvgIpc) is 2.01. The lowest BCUT2D eigenvalue weighted by atomic mass is 10.1. The average molecular weight is 236 g/mol. The lowest BCUT2D eigenvalue weighted by molar-refractivity contribution is 0.592. The number of halogens is 1. The first-order valence-electron chi connectivity index (χ1n) is 3.95. The van der Waals surface area contributed by atoms with E-state index in [1.165, 1.54) is 6.26 Å². The minimum Gasteiger partial charge on any atom is -0.399 e. The van der Waals surface area contributed by atoms with E-state index >= 15 is 0 Å². The van der Waals surface area contributed by atoms with Crippen LogP contribution >= 0.6 is 12.4 Å². The van der Waals surface area contributed by atoms with E-state index < -0.39 is 15.1 Å². The first-order valence-corrected chi connectivity index (χ1v) is 5.91. The molecule has 0 aliphatic heterocycles. The molecule has 2 N–H and O–H groups in total. The Balaban J connectivity index is 0.00000169. The number of hydrogen-bond acceptors (Lipinski definition) is 3. The van der Waals surface area contributed by atoms with Crippen LogP contribution in [-0.2, 0) is 9.84 Å². The Kier molecular flexibility index (Phi) is 4.42. The van der Waals surface area contributed by atoms with Crippen LogP contribution in [0, 0.1) is 0 Å². The molecule has 0 heterocycles. The zero-order chi connectivity index (χ0) is 10.1. The summed E-state index contributed by atoms with van der Waals surface area (Å²) in [4.78, 5) is 0. The molecule has 3 nitrogen and oxygen atoms in total. The maximum Gasteiger partial charge on any atom is 0.154 e. The van der Waals surface area contributed by atoms with E-state index in [0.29, 0.717) is 5.69 Å². The molecule has 1 atom stereocenters. The minimum absolute atomic E-state index is 0. The van der Waals surface area contributed by atoms with Gasteiger partial charge in [0.25, 0.3) is 0 Å². The van der Waals surface area contributed by atoms with Crippen molar-refractivity contribution in [3.05, 3.63) is 29.8 Å². The van der Waals surface area contributed by atoms with E-state index in [1.807, 2.05) is 0 Å². The van der Waals surface area contributed by atoms with Gasteiger partial charge in [-0.05, 0) is 24.6 Å². The Morgan fingerprint density at radius 1 is 1.36 bits per heavy atom. The van der Waals surface area contributed by atoms with Crippen LogP contribution in [0.5, 0.6) is 0 Å². The summed E-state index contributed by atoms with van der Waals surface area (Å²) in [7, 11) is -3.03. The molecule has 0 radical (unpaired) electrons. The summed E-state index contributed by atoms with van der Waals surface area (Å²) < 4.78 is 22.4. The largest absolute Gasteiger partial charge is 0.399 e. The molecule has 0 aromatic heterocycles. The normalized spacial score (nSPS) is 13.0. The van der Waals surface area contributed by atoms with Crippen LogP contribution in [0.1, 0.15) is 17.7 Å². The standard InChI is InChI=1S/C9H13NO2S.ClH/c1-7(13(2,11)12)8-4-3-5-9(10)6-8;/h3-7H,10H2,1-2H3;1H. The van der Waals surface area contributed by atoms with E-state index in [0.717, 1.165) is 5.56 Å². The molecule has 0 bridgehead atoms. The molecule has 1 unspecified atom stereocenters. The van der Waals surface area contributed by atoms with Crippen molar-refractivity contribution in [3.8, 4) is 0 Å². The number of anilines is 1. The van der Waals surface area contributed by atoms with Crippen LogP contribution in [-0.4, -0.2) is 14.7 Å². The fraction of sp³-hybridized carbons (Fsp3) is 0.333. The van der Waals surface area contributed by atoms with E-state index in [-0.39, 0.29) is 12.4 Å². The highest BCUT2D eigenvalue weighted by molar-refractivity contribution is 7.90. The van der Waals surface area contributed by atoms with Crippen molar-refractivity contribution in [1.29, 1.82) is 0 Å². The summed E-state index contributed by atoms with van der Waals surface area (Å²) in [6.45, 7) is 1.66. The quantitative estimate of drug-likeness (QED) is 0.796. The van der Waals surface area contributed by atoms with Gasteiger partial charge in [0.1, 0.15) is 0 Å². The summed E-state index contributed by atoms with van der Waals surface area (Å²) >= 11 is 0. The molecule has 80 valence electrons. The van der Waals surface area contributed by atoms with E-state index in [2.05, 4.69) is 0 Å². The van der Waals surface area contributed by atoms with Crippen LogP contribution in [0.25, 0.3) is 0 Å². The van der Waals surface area contributed by atoms with Gasteiger partial charge in [-0.25, -0.2) is 8.42 Å². The van der Waals surface area contributed by atoms with E-state index in [9.17, 15) is 8.42 Å². The first kappa shape index (κ1) is 13.3. The van der Waals surface area contributed by atoms with Crippen molar-refractivity contribution >= 4 is 27.9 Å². The van der Waals surface area contributed by atoms with Gasteiger partial charge in [-0.15, -0.1) is 12.4 Å². The second kappa shape index (κ2) is 4.66. The third kappa shape index (κ3) is 3.20. The third-order valence-corrected chi connectivity index (χ3v) is 3.58. The minimum atomic E-state index is -3.03. The van der Waals surface area contributed by atoms with Gasteiger partial charge in [0, 0.05) is 11.9 Å². The first-order chi connectivity index (χ1) is 5.91. The zero-order valence-corrected chi connectivity index (χ0v) is 9.73. The fourth-order valence-electron chi connectivity index (χ4n) is 1.06. The molecular formula is C9H14ClNO2S. The maximum atomic E-state index is 11.2. The van der Waals surface area contributed by atoms with Gasteiger partial charge in [-0.1, -0.05) is 12.1 Å². The van der Waals surface area contributed by atoms with Crippen molar-refractivity contribution in [1.82, 2.24) is 0 Å². The lowest BCUT2D eigenvalue weighted by Gasteiger charge is -2.09. The van der Waals surface area contributed by atoms with Gasteiger partial charge >= 0.3 is 0 Å². The highest BCUT2D eigenvalue weighted by Crippen LogP contribution is 2.22. The monoisotopic (exact) mass is 235 g/mol. The molecule has 0 aliphatic carbocycles. The van der Waals surface area contributed by atoms with Crippen LogP contribution in [0.15, 0.2) is 24.3 Å². The molecule has 0 fully saturated rings. The number of benzene rings is 1. The SMILES string of the molecule is CC(c1cccc(N)c1)S(C)(=O)=O.Cl. The molecule has 1 aromatic carbocycles. The molecular weight excluding hydrogens is 222 g/mol. The number of hydrogen-bond donors (Lipinski definition) is 1. The number of nitrogen functional groups attached to an aromatic ring is 1. The highest BCUT2D eigenvalue weighted by atomic mass is 35.5. The molecule has 0 aliphatic rings. The molecule has 0 spiro atoms. The Bertz CT molecular complexity index is 403. The van der Waals surface area contributed by atoms with Crippen LogP contribution < -0.4 is 5.73 Å². The Morgan fingerprint density at radius 3 is 2.36 bits per heavy atom. The van der Waals surface area contributed by atoms with Gasteiger partial charge in [0.2, 0.25) is 0 Å².